The highest BCUT2D eigenvalue weighted by Gasteiger charge is 2.14. The third-order valence-electron chi connectivity index (χ3n) is 4.20. The molecule has 3 aromatic heterocycles. The minimum atomic E-state index is -1.13. The summed E-state index contributed by atoms with van der Waals surface area (Å²) in [7, 11) is 0. The number of imidazole rings is 1. The number of ketones is 1. The number of hydrogen-bond donors (Lipinski definition) is 2. The fourth-order valence-electron chi connectivity index (χ4n) is 2.80. The van der Waals surface area contributed by atoms with Crippen molar-refractivity contribution < 1.29 is 14.7 Å². The molecule has 0 fully saturated rings. The standard InChI is InChI=1S/C18H14N6O4/c1-10(25)12-4-2-3-11(5-12)7-23-9-19-14-15(23)21-18(22-16(14)26)24-8-13(6-20-24)17(27)28/h2-6,8-9H,7H2,1H3,(H,27,28)(H,21,22,26). The van der Waals surface area contributed by atoms with E-state index in [1.54, 1.807) is 22.8 Å². The molecule has 0 amide bonds. The van der Waals surface area contributed by atoms with E-state index in [1.807, 2.05) is 6.07 Å². The molecule has 10 nitrogen and oxygen atoms in total. The average Bonchev–Trinajstić information content (AvgIpc) is 3.30. The second kappa shape index (κ2) is 6.58. The summed E-state index contributed by atoms with van der Waals surface area (Å²) in [6.07, 6.45) is 3.91. The van der Waals surface area contributed by atoms with Crippen LogP contribution in [0.15, 0.2) is 47.8 Å². The van der Waals surface area contributed by atoms with E-state index in [4.69, 9.17) is 5.11 Å². The van der Waals surface area contributed by atoms with Gasteiger partial charge in [0.15, 0.2) is 16.9 Å². The molecule has 0 saturated heterocycles. The molecule has 4 rings (SSSR count). The lowest BCUT2D eigenvalue weighted by molar-refractivity contribution is 0.0696. The van der Waals surface area contributed by atoms with E-state index in [0.717, 1.165) is 11.8 Å². The average molecular weight is 378 g/mol. The number of benzene rings is 1. The van der Waals surface area contributed by atoms with Crippen molar-refractivity contribution >= 4 is 22.9 Å². The molecule has 0 atom stereocenters. The smallest absolute Gasteiger partial charge is 0.338 e. The molecule has 10 heteroatoms. The van der Waals surface area contributed by atoms with Crippen molar-refractivity contribution in [2.75, 3.05) is 0 Å². The minimum Gasteiger partial charge on any atom is -0.478 e. The molecule has 140 valence electrons. The Morgan fingerprint density at radius 1 is 1.25 bits per heavy atom. The first kappa shape index (κ1) is 17.3. The second-order valence-corrected chi connectivity index (χ2v) is 6.17. The van der Waals surface area contributed by atoms with Gasteiger partial charge in [0.1, 0.15) is 0 Å². The number of aromatic carboxylic acids is 1. The fraction of sp³-hybridized carbons (Fsp3) is 0.111. The predicted octanol–water partition coefficient (Wildman–Crippen LogP) is 1.25. The Hall–Kier alpha value is -4.08. The summed E-state index contributed by atoms with van der Waals surface area (Å²) in [4.78, 5) is 46.0. The van der Waals surface area contributed by atoms with Gasteiger partial charge in [0.2, 0.25) is 5.95 Å². The Morgan fingerprint density at radius 3 is 2.79 bits per heavy atom. The normalized spacial score (nSPS) is 11.0. The SMILES string of the molecule is CC(=O)c1cccc(Cn2cnc3c(=O)[nH]c(-n4cc(C(=O)O)cn4)nc32)c1. The zero-order valence-electron chi connectivity index (χ0n) is 14.7. The lowest BCUT2D eigenvalue weighted by Gasteiger charge is -2.06. The molecular weight excluding hydrogens is 364 g/mol. The van der Waals surface area contributed by atoms with Gasteiger partial charge in [-0.15, -0.1) is 0 Å². The number of nitrogens with one attached hydrogen (secondary N) is 1. The number of carbonyl (C=O) groups excluding carboxylic acids is 1. The maximum Gasteiger partial charge on any atom is 0.338 e. The van der Waals surface area contributed by atoms with Gasteiger partial charge < -0.3 is 9.67 Å². The van der Waals surface area contributed by atoms with Gasteiger partial charge in [0.05, 0.1) is 24.6 Å². The van der Waals surface area contributed by atoms with Crippen LogP contribution in [0.1, 0.15) is 33.2 Å². The van der Waals surface area contributed by atoms with E-state index in [2.05, 4.69) is 20.1 Å². The maximum absolute atomic E-state index is 12.3. The summed E-state index contributed by atoms with van der Waals surface area (Å²) in [5, 5.41) is 12.9. The van der Waals surface area contributed by atoms with Crippen LogP contribution in [0.2, 0.25) is 0 Å². The van der Waals surface area contributed by atoms with Crippen molar-refractivity contribution in [1.29, 1.82) is 0 Å². The topological polar surface area (TPSA) is 136 Å². The number of H-pyrrole nitrogens is 1. The second-order valence-electron chi connectivity index (χ2n) is 6.17. The Kier molecular flexibility index (Phi) is 4.07. The highest BCUT2D eigenvalue weighted by atomic mass is 16.4. The van der Waals surface area contributed by atoms with Crippen LogP contribution in [-0.2, 0) is 6.54 Å². The molecule has 0 radical (unpaired) electrons. The van der Waals surface area contributed by atoms with Crippen LogP contribution in [0.25, 0.3) is 17.1 Å². The summed E-state index contributed by atoms with van der Waals surface area (Å²) in [6, 6.07) is 7.15. The van der Waals surface area contributed by atoms with Crippen molar-refractivity contribution in [3.63, 3.8) is 0 Å². The Balaban J connectivity index is 1.77. The number of aromatic nitrogens is 6. The van der Waals surface area contributed by atoms with Gasteiger partial charge in [-0.05, 0) is 18.6 Å². The molecule has 0 unspecified atom stereocenters. The third kappa shape index (κ3) is 3.07. The van der Waals surface area contributed by atoms with Gasteiger partial charge in [0.25, 0.3) is 5.56 Å². The number of aromatic amines is 1. The molecule has 0 aliphatic rings. The van der Waals surface area contributed by atoms with Crippen molar-refractivity contribution in [2.24, 2.45) is 0 Å². The number of carboxylic acid groups (broad SMARTS) is 1. The van der Waals surface area contributed by atoms with E-state index < -0.39 is 11.5 Å². The van der Waals surface area contributed by atoms with Crippen LogP contribution in [0.3, 0.4) is 0 Å². The van der Waals surface area contributed by atoms with Gasteiger partial charge in [-0.2, -0.15) is 10.1 Å². The summed E-state index contributed by atoms with van der Waals surface area (Å²) < 4.78 is 2.85. The summed E-state index contributed by atoms with van der Waals surface area (Å²) in [6.45, 7) is 1.85. The van der Waals surface area contributed by atoms with Gasteiger partial charge >= 0.3 is 5.97 Å². The maximum atomic E-state index is 12.3. The molecule has 2 N–H and O–H groups in total. The van der Waals surface area contributed by atoms with Crippen molar-refractivity contribution in [2.45, 2.75) is 13.5 Å². The molecule has 0 aliphatic heterocycles. The quantitative estimate of drug-likeness (QED) is 0.499. The Labute approximate surface area is 157 Å². The van der Waals surface area contributed by atoms with E-state index in [0.29, 0.717) is 17.8 Å². The lowest BCUT2D eigenvalue weighted by Crippen LogP contribution is -2.15. The van der Waals surface area contributed by atoms with Crippen LogP contribution in [-0.4, -0.2) is 46.2 Å². The summed E-state index contributed by atoms with van der Waals surface area (Å²) in [5.41, 5.74) is 1.41. The summed E-state index contributed by atoms with van der Waals surface area (Å²) >= 11 is 0. The molecule has 3 heterocycles. The van der Waals surface area contributed by atoms with Crippen LogP contribution >= 0.6 is 0 Å². The molecule has 0 saturated carbocycles. The zero-order chi connectivity index (χ0) is 19.8. The minimum absolute atomic E-state index is 0.0303. The zero-order valence-corrected chi connectivity index (χ0v) is 14.7. The molecular formula is C18H14N6O4. The third-order valence-corrected chi connectivity index (χ3v) is 4.20. The van der Waals surface area contributed by atoms with Gasteiger partial charge in [0, 0.05) is 11.8 Å². The highest BCUT2D eigenvalue weighted by Crippen LogP contribution is 2.13. The van der Waals surface area contributed by atoms with E-state index in [9.17, 15) is 14.4 Å². The van der Waals surface area contributed by atoms with Crippen molar-refractivity contribution in [3.05, 3.63) is 70.0 Å². The number of fused-ring (bicyclic) bond motifs is 1. The Morgan fingerprint density at radius 2 is 2.07 bits per heavy atom. The number of Topliss-reactive ketones (excluding diaryl/α,β-unsaturated/α-hetero) is 1. The van der Waals surface area contributed by atoms with E-state index in [1.165, 1.54) is 24.1 Å². The first-order valence-electron chi connectivity index (χ1n) is 8.26. The number of rotatable bonds is 5. The Bertz CT molecular complexity index is 1280. The lowest BCUT2D eigenvalue weighted by atomic mass is 10.1. The number of nitrogens with zero attached hydrogens (tertiary/aromatic N) is 5. The number of carboxylic acids is 1. The summed E-state index contributed by atoms with van der Waals surface area (Å²) in [5.74, 6) is -1.10. The van der Waals surface area contributed by atoms with Gasteiger partial charge in [-0.3, -0.25) is 14.6 Å². The van der Waals surface area contributed by atoms with Crippen LogP contribution in [0.4, 0.5) is 0 Å². The van der Waals surface area contributed by atoms with Crippen molar-refractivity contribution in [3.8, 4) is 5.95 Å². The van der Waals surface area contributed by atoms with E-state index >= 15 is 0 Å². The molecule has 1 aromatic carbocycles. The van der Waals surface area contributed by atoms with Gasteiger partial charge in [-0.1, -0.05) is 18.2 Å². The largest absolute Gasteiger partial charge is 0.478 e. The molecule has 0 bridgehead atoms. The monoisotopic (exact) mass is 378 g/mol. The van der Waals surface area contributed by atoms with Gasteiger partial charge in [-0.25, -0.2) is 14.5 Å². The first-order valence-corrected chi connectivity index (χ1v) is 8.26. The molecule has 28 heavy (non-hydrogen) atoms. The molecule has 4 aromatic rings. The van der Waals surface area contributed by atoms with Crippen molar-refractivity contribution in [1.82, 2.24) is 29.3 Å². The first-order chi connectivity index (χ1) is 13.4. The fourth-order valence-corrected chi connectivity index (χ4v) is 2.80. The van der Waals surface area contributed by atoms with E-state index in [-0.39, 0.29) is 22.8 Å². The number of hydrogen-bond acceptors (Lipinski definition) is 6. The highest BCUT2D eigenvalue weighted by molar-refractivity contribution is 5.94. The van der Waals surface area contributed by atoms with Crippen LogP contribution in [0.5, 0.6) is 0 Å². The van der Waals surface area contributed by atoms with Crippen LogP contribution in [0, 0.1) is 0 Å². The van der Waals surface area contributed by atoms with Crippen LogP contribution < -0.4 is 5.56 Å². The number of carbonyl (C=O) groups is 2. The molecule has 0 spiro atoms. The predicted molar refractivity (Wildman–Crippen MR) is 97.8 cm³/mol. The molecule has 0 aliphatic carbocycles.